The van der Waals surface area contributed by atoms with Gasteiger partial charge in [-0.1, -0.05) is 0 Å². The van der Waals surface area contributed by atoms with Crippen molar-refractivity contribution in [3.05, 3.63) is 0 Å². The van der Waals surface area contributed by atoms with Crippen LogP contribution in [-0.4, -0.2) is 28.9 Å². The van der Waals surface area contributed by atoms with Gasteiger partial charge in [-0.25, -0.2) is 0 Å². The summed E-state index contributed by atoms with van der Waals surface area (Å²) in [6.45, 7) is 3.38. The third-order valence-electron chi connectivity index (χ3n) is 3.40. The maximum Gasteiger partial charge on any atom is 0.220 e. The van der Waals surface area contributed by atoms with Gasteiger partial charge >= 0.3 is 0 Å². The second kappa shape index (κ2) is 4.31. The Morgan fingerprint density at radius 3 is 1.88 bits per heavy atom. The monoisotopic (exact) mass is 238 g/mol. The third kappa shape index (κ3) is 1.75. The molecule has 0 amide bonds. The van der Waals surface area contributed by atoms with Crippen molar-refractivity contribution < 1.29 is 24.0 Å². The first-order chi connectivity index (χ1) is 7.76. The van der Waals surface area contributed by atoms with E-state index in [2.05, 4.69) is 0 Å². The molecule has 0 heterocycles. The minimum absolute atomic E-state index is 0.0780. The van der Waals surface area contributed by atoms with Crippen molar-refractivity contribution in [1.82, 2.24) is 0 Å². The molecule has 5 nitrogen and oxygen atoms in total. The molecule has 1 aliphatic carbocycles. The lowest BCUT2D eigenvalue weighted by atomic mass is 9.59. The van der Waals surface area contributed by atoms with Gasteiger partial charge < -0.3 is 0 Å². The number of Topliss-reactive ketones (excluding diaryl/α,β-unsaturated/α-hetero) is 5. The summed E-state index contributed by atoms with van der Waals surface area (Å²) in [5, 5.41) is 0. The minimum atomic E-state index is -2.07. The van der Waals surface area contributed by atoms with Crippen LogP contribution in [0.3, 0.4) is 0 Å². The number of ketones is 5. The Hall–Kier alpha value is -1.65. The number of hydrogen-bond donors (Lipinski definition) is 0. The molecule has 17 heavy (non-hydrogen) atoms. The second-order valence-electron chi connectivity index (χ2n) is 4.37. The van der Waals surface area contributed by atoms with Crippen molar-refractivity contribution in [3.63, 3.8) is 0 Å². The van der Waals surface area contributed by atoms with Gasteiger partial charge in [0.15, 0.2) is 22.8 Å². The van der Waals surface area contributed by atoms with E-state index in [0.717, 1.165) is 13.8 Å². The van der Waals surface area contributed by atoms with Gasteiger partial charge in [0.25, 0.3) is 0 Å². The van der Waals surface area contributed by atoms with E-state index in [1.54, 1.807) is 0 Å². The van der Waals surface area contributed by atoms with E-state index >= 15 is 0 Å². The Morgan fingerprint density at radius 1 is 1.06 bits per heavy atom. The fourth-order valence-electron chi connectivity index (χ4n) is 2.55. The standard InChI is InChI=1S/C12H14O5/c1-6(13)9-4-5-10(16)11(17)12(9,7(2)14)8(3)15/h9H,4-5H2,1-3H3. The van der Waals surface area contributed by atoms with Crippen molar-refractivity contribution in [2.24, 2.45) is 11.3 Å². The fraction of sp³-hybridized carbons (Fsp3) is 0.583. The number of carbonyl (C=O) groups is 5. The van der Waals surface area contributed by atoms with Crippen LogP contribution in [0.5, 0.6) is 0 Å². The Kier molecular flexibility index (Phi) is 3.40. The molecule has 0 saturated heterocycles. The fourth-order valence-corrected chi connectivity index (χ4v) is 2.55. The molecule has 1 atom stereocenters. The van der Waals surface area contributed by atoms with Crippen molar-refractivity contribution in [1.29, 1.82) is 0 Å². The van der Waals surface area contributed by atoms with E-state index < -0.39 is 40.2 Å². The Bertz CT molecular complexity index is 418. The van der Waals surface area contributed by atoms with Crippen LogP contribution in [0.2, 0.25) is 0 Å². The minimum Gasteiger partial charge on any atom is -0.300 e. The first-order valence-corrected chi connectivity index (χ1v) is 5.36. The average Bonchev–Trinajstić information content (AvgIpc) is 2.20. The summed E-state index contributed by atoms with van der Waals surface area (Å²) in [6, 6.07) is 0. The molecule has 1 rings (SSSR count). The van der Waals surface area contributed by atoms with Gasteiger partial charge in [-0.3, -0.25) is 24.0 Å². The van der Waals surface area contributed by atoms with Crippen LogP contribution in [0.25, 0.3) is 0 Å². The summed E-state index contributed by atoms with van der Waals surface area (Å²) in [4.78, 5) is 58.2. The van der Waals surface area contributed by atoms with E-state index in [4.69, 9.17) is 0 Å². The highest BCUT2D eigenvalue weighted by Crippen LogP contribution is 2.39. The van der Waals surface area contributed by atoms with Crippen molar-refractivity contribution in [3.8, 4) is 0 Å². The van der Waals surface area contributed by atoms with Crippen LogP contribution in [0.15, 0.2) is 0 Å². The van der Waals surface area contributed by atoms with E-state index in [9.17, 15) is 24.0 Å². The van der Waals surface area contributed by atoms with Gasteiger partial charge in [-0.2, -0.15) is 0 Å². The first kappa shape index (κ1) is 13.4. The molecule has 1 unspecified atom stereocenters. The van der Waals surface area contributed by atoms with Crippen LogP contribution in [0.1, 0.15) is 33.6 Å². The smallest absolute Gasteiger partial charge is 0.220 e. The molecule has 0 aliphatic heterocycles. The molecule has 0 aromatic rings. The Balaban J connectivity index is 3.48. The molecule has 1 saturated carbocycles. The highest BCUT2D eigenvalue weighted by atomic mass is 16.2. The number of rotatable bonds is 3. The maximum atomic E-state index is 11.9. The van der Waals surface area contributed by atoms with E-state index in [-0.39, 0.29) is 12.8 Å². The Morgan fingerprint density at radius 2 is 1.53 bits per heavy atom. The van der Waals surface area contributed by atoms with Gasteiger partial charge in [0.05, 0.1) is 0 Å². The van der Waals surface area contributed by atoms with Gasteiger partial charge in [0.1, 0.15) is 5.78 Å². The topological polar surface area (TPSA) is 85.3 Å². The predicted octanol–water partition coefficient (Wildman–Crippen LogP) is 0.288. The zero-order valence-electron chi connectivity index (χ0n) is 10.0. The predicted molar refractivity (Wildman–Crippen MR) is 57.2 cm³/mol. The van der Waals surface area contributed by atoms with Gasteiger partial charge in [-0.15, -0.1) is 0 Å². The lowest BCUT2D eigenvalue weighted by Gasteiger charge is -2.36. The van der Waals surface area contributed by atoms with Crippen LogP contribution < -0.4 is 0 Å². The highest BCUT2D eigenvalue weighted by Gasteiger charge is 2.59. The van der Waals surface area contributed by atoms with Crippen molar-refractivity contribution in [2.75, 3.05) is 0 Å². The Labute approximate surface area is 98.6 Å². The highest BCUT2D eigenvalue weighted by molar-refractivity contribution is 6.49. The molecule has 92 valence electrons. The SMILES string of the molecule is CC(=O)C1CCC(=O)C(=O)C1(C(C)=O)C(C)=O. The normalized spacial score (nSPS) is 23.4. The summed E-state index contributed by atoms with van der Waals surface area (Å²) in [5.41, 5.74) is -2.07. The summed E-state index contributed by atoms with van der Waals surface area (Å²) < 4.78 is 0. The van der Waals surface area contributed by atoms with Crippen molar-refractivity contribution >= 4 is 28.9 Å². The molecule has 0 aromatic carbocycles. The molecule has 0 N–H and O–H groups in total. The number of carbonyl (C=O) groups excluding carboxylic acids is 5. The van der Waals surface area contributed by atoms with Crippen molar-refractivity contribution in [2.45, 2.75) is 33.6 Å². The molecular formula is C12H14O5. The van der Waals surface area contributed by atoms with Gasteiger partial charge in [0, 0.05) is 12.3 Å². The lowest BCUT2D eigenvalue weighted by Crippen LogP contribution is -2.57. The molecule has 0 aromatic heterocycles. The quantitative estimate of drug-likeness (QED) is 0.521. The molecule has 0 spiro atoms. The molecule has 1 aliphatic rings. The third-order valence-corrected chi connectivity index (χ3v) is 3.40. The molecular weight excluding hydrogens is 224 g/mol. The molecule has 5 heteroatoms. The van der Waals surface area contributed by atoms with E-state index in [1.807, 2.05) is 0 Å². The summed E-state index contributed by atoms with van der Waals surface area (Å²) in [7, 11) is 0. The molecule has 0 bridgehead atoms. The van der Waals surface area contributed by atoms with Crippen LogP contribution in [0.4, 0.5) is 0 Å². The average molecular weight is 238 g/mol. The van der Waals surface area contributed by atoms with Crippen LogP contribution in [0, 0.1) is 11.3 Å². The molecule has 0 radical (unpaired) electrons. The van der Waals surface area contributed by atoms with E-state index in [0.29, 0.717) is 0 Å². The summed E-state index contributed by atoms with van der Waals surface area (Å²) in [5.74, 6) is -4.61. The second-order valence-corrected chi connectivity index (χ2v) is 4.37. The largest absolute Gasteiger partial charge is 0.300 e. The molecule has 1 fully saturated rings. The zero-order chi connectivity index (χ0) is 13.4. The van der Waals surface area contributed by atoms with Crippen LogP contribution in [-0.2, 0) is 24.0 Å². The first-order valence-electron chi connectivity index (χ1n) is 5.36. The summed E-state index contributed by atoms with van der Waals surface area (Å²) in [6.07, 6.45) is 0.00442. The lowest BCUT2D eigenvalue weighted by molar-refractivity contribution is -0.162. The summed E-state index contributed by atoms with van der Waals surface area (Å²) >= 11 is 0. The van der Waals surface area contributed by atoms with Gasteiger partial charge in [-0.05, 0) is 27.2 Å². The maximum absolute atomic E-state index is 11.9. The zero-order valence-corrected chi connectivity index (χ0v) is 10.0. The van der Waals surface area contributed by atoms with Crippen LogP contribution >= 0.6 is 0 Å². The van der Waals surface area contributed by atoms with Gasteiger partial charge in [0.2, 0.25) is 5.78 Å². The van der Waals surface area contributed by atoms with E-state index in [1.165, 1.54) is 6.92 Å². The number of hydrogen-bond acceptors (Lipinski definition) is 5.